The molecular formula is C24H36N2O3. The molecule has 0 atom stereocenters. The first kappa shape index (κ1) is 23.1. The van der Waals surface area contributed by atoms with Gasteiger partial charge in [-0.05, 0) is 55.2 Å². The zero-order valence-corrected chi connectivity index (χ0v) is 18.6. The molecule has 0 aromatic heterocycles. The Bertz CT molecular complexity index is 737. The van der Waals surface area contributed by atoms with Crippen molar-refractivity contribution in [2.75, 3.05) is 20.2 Å². The number of nitrogens with one attached hydrogen (secondary N) is 2. The summed E-state index contributed by atoms with van der Waals surface area (Å²) in [5, 5.41) is 6.66. The van der Waals surface area contributed by atoms with Crippen molar-refractivity contribution >= 4 is 11.9 Å². The number of allylic oxidation sites excluding steroid dienone is 1. The average Bonchev–Trinajstić information content (AvgIpc) is 2.68. The second-order valence-corrected chi connectivity index (χ2v) is 9.00. The van der Waals surface area contributed by atoms with Gasteiger partial charge < -0.3 is 15.4 Å². The molecule has 5 heteroatoms. The highest BCUT2D eigenvalue weighted by molar-refractivity contribution is 5.82. The predicted molar refractivity (Wildman–Crippen MR) is 117 cm³/mol. The molecule has 0 aliphatic heterocycles. The molecule has 160 valence electrons. The first-order valence-electron chi connectivity index (χ1n) is 10.5. The molecule has 1 aromatic rings. The van der Waals surface area contributed by atoms with E-state index in [0.29, 0.717) is 6.54 Å². The summed E-state index contributed by atoms with van der Waals surface area (Å²) in [6.07, 6.45) is 6.13. The van der Waals surface area contributed by atoms with Crippen molar-refractivity contribution in [3.63, 3.8) is 0 Å². The predicted octanol–water partition coefficient (Wildman–Crippen LogP) is 3.97. The van der Waals surface area contributed by atoms with Gasteiger partial charge in [0.05, 0.1) is 7.11 Å². The van der Waals surface area contributed by atoms with Gasteiger partial charge in [0.1, 0.15) is 0 Å². The molecule has 29 heavy (non-hydrogen) atoms. The zero-order valence-electron chi connectivity index (χ0n) is 18.6. The van der Waals surface area contributed by atoms with E-state index in [0.717, 1.165) is 44.2 Å². The Morgan fingerprint density at radius 3 is 2.45 bits per heavy atom. The van der Waals surface area contributed by atoms with Crippen molar-refractivity contribution in [1.29, 1.82) is 0 Å². The van der Waals surface area contributed by atoms with Crippen LogP contribution in [0.2, 0.25) is 0 Å². The lowest BCUT2D eigenvalue weighted by Crippen LogP contribution is -2.45. The van der Waals surface area contributed by atoms with Gasteiger partial charge in [-0.1, -0.05) is 50.6 Å². The number of hydrogen-bond acceptors (Lipinski definition) is 4. The second kappa shape index (κ2) is 10.1. The molecule has 1 aliphatic rings. The molecule has 2 N–H and O–H groups in total. The topological polar surface area (TPSA) is 67.4 Å². The van der Waals surface area contributed by atoms with E-state index in [-0.39, 0.29) is 22.8 Å². The van der Waals surface area contributed by atoms with E-state index in [9.17, 15) is 9.59 Å². The summed E-state index contributed by atoms with van der Waals surface area (Å²) in [5.41, 5.74) is 3.75. The molecule has 1 saturated carbocycles. The number of carbonyl (C=O) groups is 2. The van der Waals surface area contributed by atoms with Crippen LogP contribution in [0.25, 0.3) is 0 Å². The molecule has 0 bridgehead atoms. The van der Waals surface area contributed by atoms with Crippen LogP contribution in [0.1, 0.15) is 70.9 Å². The van der Waals surface area contributed by atoms with Crippen molar-refractivity contribution < 1.29 is 14.3 Å². The fourth-order valence-corrected chi connectivity index (χ4v) is 3.90. The van der Waals surface area contributed by atoms with E-state index in [1.54, 1.807) is 13.0 Å². The summed E-state index contributed by atoms with van der Waals surface area (Å²) in [7, 11) is 1.42. The van der Waals surface area contributed by atoms with Gasteiger partial charge in [-0.3, -0.25) is 4.79 Å². The summed E-state index contributed by atoms with van der Waals surface area (Å²) in [6, 6.07) is 8.89. The van der Waals surface area contributed by atoms with E-state index < -0.39 is 0 Å². The number of amides is 1. The van der Waals surface area contributed by atoms with E-state index >= 15 is 0 Å². The smallest absolute Gasteiger partial charge is 0.330 e. The molecule has 1 fully saturated rings. The summed E-state index contributed by atoms with van der Waals surface area (Å²) in [4.78, 5) is 22.7. The summed E-state index contributed by atoms with van der Waals surface area (Å²) in [6.45, 7) is 9.75. The summed E-state index contributed by atoms with van der Waals surface area (Å²) >= 11 is 0. The Labute approximate surface area is 175 Å². The number of carbonyl (C=O) groups excluding carboxylic acids is 2. The van der Waals surface area contributed by atoms with Gasteiger partial charge in [-0.15, -0.1) is 0 Å². The van der Waals surface area contributed by atoms with Crippen molar-refractivity contribution in [3.8, 4) is 0 Å². The molecule has 0 spiro atoms. The first-order valence-corrected chi connectivity index (χ1v) is 10.5. The Kier molecular flexibility index (Phi) is 8.03. The molecule has 2 rings (SSSR count). The summed E-state index contributed by atoms with van der Waals surface area (Å²) < 4.78 is 4.79. The van der Waals surface area contributed by atoms with Gasteiger partial charge in [0, 0.05) is 25.1 Å². The van der Waals surface area contributed by atoms with Gasteiger partial charge in [0.15, 0.2) is 0 Å². The van der Waals surface area contributed by atoms with Crippen LogP contribution in [0.3, 0.4) is 0 Å². The van der Waals surface area contributed by atoms with Gasteiger partial charge in [0.25, 0.3) is 0 Å². The average molecular weight is 401 g/mol. The van der Waals surface area contributed by atoms with Crippen LogP contribution in [-0.2, 0) is 25.3 Å². The lowest BCUT2D eigenvalue weighted by atomic mass is 9.73. The number of ether oxygens (including phenoxy) is 1. The molecule has 0 unspecified atom stereocenters. The van der Waals surface area contributed by atoms with Crippen molar-refractivity contribution in [1.82, 2.24) is 10.6 Å². The van der Waals surface area contributed by atoms with Gasteiger partial charge in [-0.25, -0.2) is 4.79 Å². The van der Waals surface area contributed by atoms with E-state index in [1.165, 1.54) is 18.2 Å². The number of methoxy groups -OCH3 is 1. The van der Waals surface area contributed by atoms with Crippen LogP contribution in [0.15, 0.2) is 35.9 Å². The molecule has 0 radical (unpaired) electrons. The fraction of sp³-hybridized carbons (Fsp3) is 0.583. The van der Waals surface area contributed by atoms with Crippen LogP contribution >= 0.6 is 0 Å². The maximum Gasteiger partial charge on any atom is 0.330 e. The van der Waals surface area contributed by atoms with Crippen molar-refractivity contribution in [2.45, 2.75) is 70.8 Å². The minimum atomic E-state index is -0.273. The lowest BCUT2D eigenvalue weighted by Gasteiger charge is -2.40. The minimum Gasteiger partial charge on any atom is -0.466 e. The zero-order chi connectivity index (χ0) is 21.5. The lowest BCUT2D eigenvalue weighted by molar-refractivity contribution is -0.135. The fourth-order valence-electron chi connectivity index (χ4n) is 3.90. The molecule has 1 amide bonds. The van der Waals surface area contributed by atoms with E-state index in [2.05, 4.69) is 55.7 Å². The van der Waals surface area contributed by atoms with Crippen molar-refractivity contribution in [2.24, 2.45) is 0 Å². The van der Waals surface area contributed by atoms with E-state index in [4.69, 9.17) is 4.74 Å². The largest absolute Gasteiger partial charge is 0.466 e. The number of rotatable bonds is 7. The number of esters is 1. The highest BCUT2D eigenvalue weighted by atomic mass is 16.5. The Balaban J connectivity index is 2.20. The third kappa shape index (κ3) is 6.70. The number of hydrogen-bond donors (Lipinski definition) is 2. The van der Waals surface area contributed by atoms with Crippen LogP contribution < -0.4 is 10.6 Å². The monoisotopic (exact) mass is 400 g/mol. The molecule has 5 nitrogen and oxygen atoms in total. The van der Waals surface area contributed by atoms with Crippen LogP contribution in [0.4, 0.5) is 0 Å². The van der Waals surface area contributed by atoms with Crippen LogP contribution in [0, 0.1) is 0 Å². The molecule has 1 aliphatic carbocycles. The quantitative estimate of drug-likeness (QED) is 0.413. The standard InChI is InChI=1S/C24H36N2O3/c1-18(27)25-14-7-15-26-24(12-10-19(11-13-24)16-22(28)29-5)21-9-6-8-20(17-21)23(2,3)4/h6,8-9,16-17,26H,7,10-15H2,1-5H3,(H,25,27). The molecule has 1 aromatic carbocycles. The maximum atomic E-state index is 11.6. The minimum absolute atomic E-state index is 0.00727. The van der Waals surface area contributed by atoms with E-state index in [1.807, 2.05) is 0 Å². The van der Waals surface area contributed by atoms with Crippen LogP contribution in [-0.4, -0.2) is 32.1 Å². The molecule has 0 saturated heterocycles. The van der Waals surface area contributed by atoms with Gasteiger partial charge >= 0.3 is 5.97 Å². The Morgan fingerprint density at radius 1 is 1.17 bits per heavy atom. The van der Waals surface area contributed by atoms with Gasteiger partial charge in [-0.2, -0.15) is 0 Å². The molecule has 0 heterocycles. The Hall–Kier alpha value is -2.14. The maximum absolute atomic E-state index is 11.6. The van der Waals surface area contributed by atoms with Gasteiger partial charge in [0.2, 0.25) is 5.91 Å². The highest BCUT2D eigenvalue weighted by Gasteiger charge is 2.35. The molecular weight excluding hydrogens is 364 g/mol. The highest BCUT2D eigenvalue weighted by Crippen LogP contribution is 2.40. The SMILES string of the molecule is COC(=O)C=C1CCC(NCCCNC(C)=O)(c2cccc(C(C)(C)C)c2)CC1. The van der Waals surface area contributed by atoms with Crippen LogP contribution in [0.5, 0.6) is 0 Å². The first-order chi connectivity index (χ1) is 13.7. The van der Waals surface area contributed by atoms with Crippen molar-refractivity contribution in [3.05, 3.63) is 47.0 Å². The number of benzene rings is 1. The Morgan fingerprint density at radius 2 is 1.86 bits per heavy atom. The normalized spacial score (nSPS) is 19.6. The third-order valence-corrected chi connectivity index (χ3v) is 5.74. The second-order valence-electron chi connectivity index (χ2n) is 9.00. The summed E-state index contributed by atoms with van der Waals surface area (Å²) in [5.74, 6) is -0.265. The third-order valence-electron chi connectivity index (χ3n) is 5.74.